The Balaban J connectivity index is 0. The lowest BCUT2D eigenvalue weighted by Gasteiger charge is -2.14. The Labute approximate surface area is 86.8 Å². The first-order valence-corrected chi connectivity index (χ1v) is 4.19. The second kappa shape index (κ2) is 9.35. The summed E-state index contributed by atoms with van der Waals surface area (Å²) in [5, 5.41) is 17.0. The molecule has 2 atom stereocenters. The van der Waals surface area contributed by atoms with Gasteiger partial charge in [0.25, 0.3) is 0 Å². The molecule has 0 saturated heterocycles. The van der Waals surface area contributed by atoms with Gasteiger partial charge in [-0.05, 0) is 6.92 Å². The Kier molecular flexibility index (Phi) is 10.1. The number of ether oxygens (including phenoxy) is 1. The van der Waals surface area contributed by atoms with Gasteiger partial charge in [0.05, 0.1) is 7.18 Å². The zero-order valence-corrected chi connectivity index (χ0v) is 8.64. The molecule has 0 aromatic carbocycles. The summed E-state index contributed by atoms with van der Waals surface area (Å²) in [6.45, 7) is 1.84. The highest BCUT2D eigenvalue weighted by molar-refractivity contribution is 5.76. The van der Waals surface area contributed by atoms with Gasteiger partial charge in [0.15, 0.2) is 6.10 Å². The Morgan fingerprint density at radius 2 is 1.80 bits per heavy atom. The molecule has 0 amide bonds. The lowest BCUT2D eigenvalue weighted by molar-refractivity contribution is -0.152. The molecule has 0 aliphatic carbocycles. The molecular weight excluding hydrogens is 209 g/mol. The summed E-state index contributed by atoms with van der Waals surface area (Å²) >= 11 is 0. The molecule has 0 aliphatic rings. The highest BCUT2D eigenvalue weighted by atomic mass is 19.1. The Bertz CT molecular complexity index is 199. The van der Waals surface area contributed by atoms with Gasteiger partial charge in [-0.15, -0.1) is 0 Å². The van der Waals surface area contributed by atoms with Crippen LogP contribution in [-0.4, -0.2) is 48.1 Å². The average Bonchev–Trinajstić information content (AvgIpc) is 2.19. The van der Waals surface area contributed by atoms with Crippen molar-refractivity contribution < 1.29 is 28.9 Å². The van der Waals surface area contributed by atoms with E-state index in [9.17, 15) is 14.0 Å². The lowest BCUT2D eigenvalue weighted by atomic mass is 10.1. The zero-order valence-electron chi connectivity index (χ0n) is 8.64. The van der Waals surface area contributed by atoms with Crippen molar-refractivity contribution in [3.63, 3.8) is 0 Å². The molecule has 0 aromatic rings. The summed E-state index contributed by atoms with van der Waals surface area (Å²) in [4.78, 5) is 20.8. The van der Waals surface area contributed by atoms with Crippen LogP contribution < -0.4 is 5.73 Å². The van der Waals surface area contributed by atoms with Gasteiger partial charge < -0.3 is 20.7 Å². The van der Waals surface area contributed by atoms with E-state index in [4.69, 9.17) is 20.7 Å². The third-order valence-electron chi connectivity index (χ3n) is 1.43. The van der Waals surface area contributed by atoms with Crippen molar-refractivity contribution in [3.8, 4) is 0 Å². The third-order valence-corrected chi connectivity index (χ3v) is 1.43. The summed E-state index contributed by atoms with van der Waals surface area (Å²) in [7, 11) is 0.500. The second-order valence-corrected chi connectivity index (χ2v) is 2.46. The Hall–Kier alpha value is -1.21. The zero-order chi connectivity index (χ0) is 12.4. The molecule has 4 N–H and O–H groups in total. The monoisotopic (exact) mass is 225 g/mol. The van der Waals surface area contributed by atoms with E-state index in [0.717, 1.165) is 0 Å². The van der Waals surface area contributed by atoms with E-state index in [1.807, 2.05) is 0 Å². The number of alkyl halides is 1. The Morgan fingerprint density at radius 3 is 2.07 bits per heavy atom. The van der Waals surface area contributed by atoms with Crippen LogP contribution >= 0.6 is 0 Å². The third kappa shape index (κ3) is 7.83. The summed E-state index contributed by atoms with van der Waals surface area (Å²) in [6, 6.07) is -1.20. The molecule has 0 fully saturated rings. The van der Waals surface area contributed by atoms with Crippen LogP contribution in [-0.2, 0) is 14.3 Å². The number of carbonyl (C=O) groups is 2. The van der Waals surface area contributed by atoms with Crippen LogP contribution in [0.25, 0.3) is 0 Å². The maximum atomic E-state index is 10.5. The fourth-order valence-electron chi connectivity index (χ4n) is 0.773. The van der Waals surface area contributed by atoms with Crippen LogP contribution in [0.5, 0.6) is 0 Å². The number of hydrogen-bond donors (Lipinski definition) is 3. The van der Waals surface area contributed by atoms with E-state index in [2.05, 4.69) is 0 Å². The first-order chi connectivity index (χ1) is 6.99. The predicted molar refractivity (Wildman–Crippen MR) is 50.3 cm³/mol. The SMILES string of the molecule is CCOC(CC(N)C(=O)O)C(=O)O.CF. The molecule has 15 heavy (non-hydrogen) atoms. The first-order valence-electron chi connectivity index (χ1n) is 4.19. The summed E-state index contributed by atoms with van der Waals surface area (Å²) in [6.07, 6.45) is -1.37. The van der Waals surface area contributed by atoms with Crippen molar-refractivity contribution >= 4 is 11.9 Å². The second-order valence-electron chi connectivity index (χ2n) is 2.46. The average molecular weight is 225 g/mol. The number of halogens is 1. The topological polar surface area (TPSA) is 110 Å². The van der Waals surface area contributed by atoms with Crippen molar-refractivity contribution in [2.24, 2.45) is 5.73 Å². The fraction of sp³-hybridized carbons (Fsp3) is 0.750. The number of hydrogen-bond acceptors (Lipinski definition) is 4. The molecule has 90 valence electrons. The van der Waals surface area contributed by atoms with E-state index in [1.54, 1.807) is 6.92 Å². The molecule has 0 aliphatic heterocycles. The molecule has 6 nitrogen and oxygen atoms in total. The van der Waals surface area contributed by atoms with Crippen molar-refractivity contribution in [1.29, 1.82) is 0 Å². The van der Waals surface area contributed by atoms with Crippen molar-refractivity contribution in [2.75, 3.05) is 13.8 Å². The standard InChI is InChI=1S/C7H13NO5.CH3F/c1-2-13-5(7(11)12)3-4(8)6(9)10;1-2/h4-5H,2-3,8H2,1H3,(H,9,10)(H,11,12);1H3. The highest BCUT2D eigenvalue weighted by Crippen LogP contribution is 2.02. The smallest absolute Gasteiger partial charge is 0.332 e. The normalized spacial score (nSPS) is 13.3. The predicted octanol–water partition coefficient (Wildman–Crippen LogP) is -0.136. The molecular formula is C8H16FNO5. The largest absolute Gasteiger partial charge is 0.480 e. The molecule has 0 saturated carbocycles. The van der Waals surface area contributed by atoms with Crippen LogP contribution in [0.2, 0.25) is 0 Å². The number of rotatable bonds is 6. The Morgan fingerprint density at radius 1 is 1.33 bits per heavy atom. The van der Waals surface area contributed by atoms with Gasteiger partial charge in [-0.1, -0.05) is 0 Å². The number of carboxylic acids is 2. The van der Waals surface area contributed by atoms with Crippen molar-refractivity contribution in [2.45, 2.75) is 25.5 Å². The molecule has 0 bridgehead atoms. The summed E-state index contributed by atoms with van der Waals surface area (Å²) < 4.78 is 14.3. The minimum Gasteiger partial charge on any atom is -0.480 e. The molecule has 0 spiro atoms. The van der Waals surface area contributed by atoms with Gasteiger partial charge in [-0.3, -0.25) is 9.18 Å². The van der Waals surface area contributed by atoms with Crippen LogP contribution in [0.1, 0.15) is 13.3 Å². The molecule has 0 aromatic heterocycles. The highest BCUT2D eigenvalue weighted by Gasteiger charge is 2.24. The fourth-order valence-corrected chi connectivity index (χ4v) is 0.773. The van der Waals surface area contributed by atoms with Crippen molar-refractivity contribution in [1.82, 2.24) is 0 Å². The van der Waals surface area contributed by atoms with Gasteiger partial charge in [0, 0.05) is 13.0 Å². The quantitative estimate of drug-likeness (QED) is 0.580. The van der Waals surface area contributed by atoms with Gasteiger partial charge in [0.1, 0.15) is 6.04 Å². The van der Waals surface area contributed by atoms with E-state index in [0.29, 0.717) is 7.18 Å². The van der Waals surface area contributed by atoms with E-state index in [1.165, 1.54) is 0 Å². The van der Waals surface area contributed by atoms with Gasteiger partial charge >= 0.3 is 11.9 Å². The first kappa shape index (κ1) is 16.2. The molecule has 0 heterocycles. The van der Waals surface area contributed by atoms with Crippen LogP contribution in [0.15, 0.2) is 0 Å². The van der Waals surface area contributed by atoms with Gasteiger partial charge in [-0.2, -0.15) is 0 Å². The maximum absolute atomic E-state index is 10.5. The molecule has 0 rings (SSSR count). The van der Waals surface area contributed by atoms with Crippen LogP contribution in [0.3, 0.4) is 0 Å². The molecule has 0 radical (unpaired) electrons. The molecule has 2 unspecified atom stereocenters. The van der Waals surface area contributed by atoms with E-state index >= 15 is 0 Å². The summed E-state index contributed by atoms with van der Waals surface area (Å²) in [5.41, 5.74) is 5.14. The van der Waals surface area contributed by atoms with Crippen molar-refractivity contribution in [3.05, 3.63) is 0 Å². The molecule has 7 heteroatoms. The minimum atomic E-state index is -1.23. The maximum Gasteiger partial charge on any atom is 0.332 e. The van der Waals surface area contributed by atoms with Gasteiger partial charge in [-0.25, -0.2) is 4.79 Å². The minimum absolute atomic E-state index is 0.212. The summed E-state index contributed by atoms with van der Waals surface area (Å²) in [5.74, 6) is -2.43. The van der Waals surface area contributed by atoms with E-state index in [-0.39, 0.29) is 13.0 Å². The number of carboxylic acid groups (broad SMARTS) is 2. The number of nitrogens with two attached hydrogens (primary N) is 1. The van der Waals surface area contributed by atoms with E-state index < -0.39 is 24.1 Å². The van der Waals surface area contributed by atoms with Crippen LogP contribution in [0, 0.1) is 0 Å². The van der Waals surface area contributed by atoms with Crippen LogP contribution in [0.4, 0.5) is 4.39 Å². The number of aliphatic carboxylic acids is 2. The van der Waals surface area contributed by atoms with Gasteiger partial charge in [0.2, 0.25) is 0 Å². The lowest BCUT2D eigenvalue weighted by Crippen LogP contribution is -2.38.